The molecule has 3 aromatic rings. The van der Waals surface area contributed by atoms with Crippen molar-refractivity contribution in [1.82, 2.24) is 0 Å². The lowest BCUT2D eigenvalue weighted by atomic mass is 9.98. The van der Waals surface area contributed by atoms with Crippen molar-refractivity contribution in [1.29, 1.82) is 0 Å². The molecule has 3 rings (SSSR count). The van der Waals surface area contributed by atoms with E-state index in [2.05, 4.69) is 5.32 Å². The monoisotopic (exact) mass is 383 g/mol. The molecule has 0 spiro atoms. The van der Waals surface area contributed by atoms with Crippen LogP contribution in [-0.4, -0.2) is 13.0 Å². The number of nitrogens with one attached hydrogen (secondary N) is 1. The first-order valence-corrected chi connectivity index (χ1v) is 9.02. The molecule has 27 heavy (non-hydrogen) atoms. The quantitative estimate of drug-likeness (QED) is 0.557. The summed E-state index contributed by atoms with van der Waals surface area (Å²) >= 11 is 5.88. The van der Waals surface area contributed by atoms with E-state index in [-0.39, 0.29) is 5.91 Å². The van der Waals surface area contributed by atoms with Crippen LogP contribution in [0.5, 0.6) is 5.75 Å². The number of carbonyl (C=O) groups is 1. The molecule has 1 aromatic heterocycles. The average molecular weight is 384 g/mol. The topological polar surface area (TPSA) is 51.5 Å². The van der Waals surface area contributed by atoms with Crippen molar-refractivity contribution in [3.63, 3.8) is 0 Å². The van der Waals surface area contributed by atoms with E-state index in [0.29, 0.717) is 16.5 Å². The van der Waals surface area contributed by atoms with Crippen molar-refractivity contribution < 1.29 is 13.9 Å². The lowest BCUT2D eigenvalue weighted by Gasteiger charge is -2.13. The standard InChI is InChI=1S/C22H22ClNO3/c1-12(10-20(25)24-17-8-6-16(23)7-9-17)18-11-19-13(2)15(4)27-22(19)14(3)21(18)26-5/h6-11H,1-5H3,(H,24,25)/b12-10+. The minimum absolute atomic E-state index is 0.213. The van der Waals surface area contributed by atoms with Gasteiger partial charge in [-0.15, -0.1) is 0 Å². The van der Waals surface area contributed by atoms with Crippen LogP contribution in [0.25, 0.3) is 16.5 Å². The maximum atomic E-state index is 12.4. The molecule has 140 valence electrons. The fourth-order valence-corrected chi connectivity index (χ4v) is 3.28. The lowest BCUT2D eigenvalue weighted by Crippen LogP contribution is -2.08. The highest BCUT2D eigenvalue weighted by atomic mass is 35.5. The van der Waals surface area contributed by atoms with Gasteiger partial charge >= 0.3 is 0 Å². The number of hydrogen-bond donors (Lipinski definition) is 1. The van der Waals surface area contributed by atoms with Gasteiger partial charge in [-0.2, -0.15) is 0 Å². The molecule has 0 saturated carbocycles. The van der Waals surface area contributed by atoms with Crippen LogP contribution in [0.1, 0.15) is 29.4 Å². The number of aryl methyl sites for hydroxylation is 3. The van der Waals surface area contributed by atoms with Crippen molar-refractivity contribution in [2.45, 2.75) is 27.7 Å². The summed E-state index contributed by atoms with van der Waals surface area (Å²) in [6, 6.07) is 9.01. The minimum atomic E-state index is -0.213. The summed E-state index contributed by atoms with van der Waals surface area (Å²) in [7, 11) is 1.63. The van der Waals surface area contributed by atoms with Gasteiger partial charge in [-0.05, 0) is 69.2 Å². The third kappa shape index (κ3) is 3.71. The average Bonchev–Trinajstić information content (AvgIpc) is 2.92. The van der Waals surface area contributed by atoms with Crippen LogP contribution in [0.3, 0.4) is 0 Å². The number of methoxy groups -OCH3 is 1. The highest BCUT2D eigenvalue weighted by Crippen LogP contribution is 2.38. The molecule has 0 aliphatic carbocycles. The lowest BCUT2D eigenvalue weighted by molar-refractivity contribution is -0.111. The summed E-state index contributed by atoms with van der Waals surface area (Å²) in [6.07, 6.45) is 1.57. The van der Waals surface area contributed by atoms with Crippen LogP contribution in [0.4, 0.5) is 5.69 Å². The van der Waals surface area contributed by atoms with Crippen molar-refractivity contribution >= 4 is 39.7 Å². The Bertz CT molecular complexity index is 1050. The highest BCUT2D eigenvalue weighted by molar-refractivity contribution is 6.30. The number of benzene rings is 2. The Kier molecular flexibility index (Phi) is 5.29. The van der Waals surface area contributed by atoms with E-state index < -0.39 is 0 Å². The molecule has 0 bridgehead atoms. The third-order valence-corrected chi connectivity index (χ3v) is 4.99. The van der Waals surface area contributed by atoms with Crippen LogP contribution in [0, 0.1) is 20.8 Å². The molecule has 1 amide bonds. The third-order valence-electron chi connectivity index (χ3n) is 4.73. The Hall–Kier alpha value is -2.72. The number of carbonyl (C=O) groups excluding carboxylic acids is 1. The summed E-state index contributed by atoms with van der Waals surface area (Å²) in [5, 5.41) is 4.50. The minimum Gasteiger partial charge on any atom is -0.496 e. The summed E-state index contributed by atoms with van der Waals surface area (Å²) in [5.41, 5.74) is 5.21. The second-order valence-electron chi connectivity index (χ2n) is 6.57. The Balaban J connectivity index is 1.99. The first-order valence-electron chi connectivity index (χ1n) is 8.64. The summed E-state index contributed by atoms with van der Waals surface area (Å²) in [6.45, 7) is 7.84. The number of hydrogen-bond acceptors (Lipinski definition) is 3. The molecular weight excluding hydrogens is 362 g/mol. The van der Waals surface area contributed by atoms with E-state index in [0.717, 1.165) is 39.0 Å². The second-order valence-corrected chi connectivity index (χ2v) is 7.00. The molecule has 1 N–H and O–H groups in total. The second kappa shape index (κ2) is 7.49. The number of ether oxygens (including phenoxy) is 1. The van der Waals surface area contributed by atoms with Gasteiger partial charge in [0.2, 0.25) is 5.91 Å². The van der Waals surface area contributed by atoms with Gasteiger partial charge < -0.3 is 14.5 Å². The highest BCUT2D eigenvalue weighted by Gasteiger charge is 2.18. The Morgan fingerprint density at radius 1 is 1.15 bits per heavy atom. The number of furan rings is 1. The van der Waals surface area contributed by atoms with E-state index in [9.17, 15) is 4.79 Å². The van der Waals surface area contributed by atoms with Crippen LogP contribution in [0.2, 0.25) is 5.02 Å². The van der Waals surface area contributed by atoms with Gasteiger partial charge in [0.25, 0.3) is 0 Å². The zero-order valence-corrected chi connectivity index (χ0v) is 16.8. The number of halogens is 1. The first-order chi connectivity index (χ1) is 12.8. The van der Waals surface area contributed by atoms with Crippen LogP contribution in [-0.2, 0) is 4.79 Å². The largest absolute Gasteiger partial charge is 0.496 e. The molecule has 0 saturated heterocycles. The van der Waals surface area contributed by atoms with Crippen LogP contribution in [0.15, 0.2) is 40.8 Å². The molecule has 0 fully saturated rings. The molecule has 0 aliphatic rings. The van der Waals surface area contributed by atoms with Gasteiger partial charge in [-0.1, -0.05) is 11.6 Å². The SMILES string of the molecule is COc1c(/C(C)=C/C(=O)Nc2ccc(Cl)cc2)cc2c(C)c(C)oc2c1C. The van der Waals surface area contributed by atoms with E-state index in [1.807, 2.05) is 33.8 Å². The Morgan fingerprint density at radius 2 is 1.81 bits per heavy atom. The first kappa shape index (κ1) is 19.1. The Labute approximate surface area is 163 Å². The number of fused-ring (bicyclic) bond motifs is 1. The molecule has 0 unspecified atom stereocenters. The predicted octanol–water partition coefficient (Wildman–Crippen LogP) is 6.06. The van der Waals surface area contributed by atoms with Crippen LogP contribution >= 0.6 is 11.6 Å². The van der Waals surface area contributed by atoms with Gasteiger partial charge in [0.05, 0.1) is 7.11 Å². The molecule has 5 heteroatoms. The summed E-state index contributed by atoms with van der Waals surface area (Å²) < 4.78 is 11.5. The molecule has 0 aliphatic heterocycles. The fourth-order valence-electron chi connectivity index (χ4n) is 3.15. The van der Waals surface area contributed by atoms with Gasteiger partial charge in [-0.3, -0.25) is 4.79 Å². The van der Waals surface area contributed by atoms with Crippen molar-refractivity contribution in [3.8, 4) is 5.75 Å². The van der Waals surface area contributed by atoms with Gasteiger partial charge in [0, 0.05) is 33.3 Å². The zero-order valence-electron chi connectivity index (χ0n) is 16.1. The molecule has 2 aromatic carbocycles. The number of amides is 1. The smallest absolute Gasteiger partial charge is 0.248 e. The van der Waals surface area contributed by atoms with E-state index in [1.54, 1.807) is 37.5 Å². The molecule has 4 nitrogen and oxygen atoms in total. The van der Waals surface area contributed by atoms with E-state index in [1.165, 1.54) is 0 Å². The maximum Gasteiger partial charge on any atom is 0.248 e. The zero-order chi connectivity index (χ0) is 19.7. The van der Waals surface area contributed by atoms with Crippen molar-refractivity contribution in [3.05, 3.63) is 63.9 Å². The number of allylic oxidation sites excluding steroid dienone is 1. The van der Waals surface area contributed by atoms with Crippen molar-refractivity contribution in [2.24, 2.45) is 0 Å². The summed E-state index contributed by atoms with van der Waals surface area (Å²) in [4.78, 5) is 12.4. The number of rotatable bonds is 4. The predicted molar refractivity (Wildman–Crippen MR) is 111 cm³/mol. The molecule has 0 radical (unpaired) electrons. The van der Waals surface area contributed by atoms with Gasteiger partial charge in [0.1, 0.15) is 17.1 Å². The molecule has 1 heterocycles. The fraction of sp³-hybridized carbons (Fsp3) is 0.227. The van der Waals surface area contributed by atoms with Crippen molar-refractivity contribution in [2.75, 3.05) is 12.4 Å². The normalized spacial score (nSPS) is 11.7. The van der Waals surface area contributed by atoms with E-state index in [4.69, 9.17) is 20.8 Å². The Morgan fingerprint density at radius 3 is 2.44 bits per heavy atom. The van der Waals surface area contributed by atoms with E-state index >= 15 is 0 Å². The van der Waals surface area contributed by atoms with Crippen LogP contribution < -0.4 is 10.1 Å². The molecule has 0 atom stereocenters. The van der Waals surface area contributed by atoms with Gasteiger partial charge in [-0.25, -0.2) is 0 Å². The maximum absolute atomic E-state index is 12.4. The molecular formula is C22H22ClNO3. The summed E-state index contributed by atoms with van der Waals surface area (Å²) in [5.74, 6) is 1.38. The van der Waals surface area contributed by atoms with Gasteiger partial charge in [0.15, 0.2) is 0 Å². The number of anilines is 1.